The van der Waals surface area contributed by atoms with Crippen molar-refractivity contribution >= 4 is 28.5 Å². The molecule has 0 aliphatic rings. The topological polar surface area (TPSA) is 78.7 Å². The molecule has 2 aromatic rings. The number of nitrogens with one attached hydrogen (secondary N) is 1. The number of amides is 1. The molecular weight excluding hydrogens is 296 g/mol. The third-order valence-electron chi connectivity index (χ3n) is 3.30. The van der Waals surface area contributed by atoms with Crippen molar-refractivity contribution in [2.24, 2.45) is 0 Å². The fourth-order valence-electron chi connectivity index (χ4n) is 1.85. The van der Waals surface area contributed by atoms with E-state index < -0.39 is 5.91 Å². The van der Waals surface area contributed by atoms with Crippen LogP contribution >= 0.6 is 11.3 Å². The van der Waals surface area contributed by atoms with Crippen LogP contribution in [-0.4, -0.2) is 16.1 Å². The van der Waals surface area contributed by atoms with E-state index in [0.29, 0.717) is 5.13 Å². The van der Waals surface area contributed by atoms with Gasteiger partial charge in [0.15, 0.2) is 0 Å². The van der Waals surface area contributed by atoms with Gasteiger partial charge >= 0.3 is 0 Å². The quantitative estimate of drug-likeness (QED) is 0.694. The average Bonchev–Trinajstić information content (AvgIpc) is 2.96. The van der Waals surface area contributed by atoms with Gasteiger partial charge in [-0.25, -0.2) is 0 Å². The van der Waals surface area contributed by atoms with Crippen molar-refractivity contribution in [3.63, 3.8) is 0 Å². The maximum Gasteiger partial charge on any atom is 0.268 e. The van der Waals surface area contributed by atoms with Crippen LogP contribution in [0.2, 0.25) is 0 Å². The van der Waals surface area contributed by atoms with Crippen molar-refractivity contribution in [3.05, 3.63) is 45.5 Å². The second-order valence-electron chi connectivity index (χ2n) is 4.77. The van der Waals surface area contributed by atoms with Gasteiger partial charge in [-0.2, -0.15) is 5.26 Å². The second kappa shape index (κ2) is 6.96. The maximum atomic E-state index is 12.2. The molecule has 1 amide bonds. The van der Waals surface area contributed by atoms with E-state index >= 15 is 0 Å². The summed E-state index contributed by atoms with van der Waals surface area (Å²) >= 11 is 1.31. The van der Waals surface area contributed by atoms with Crippen LogP contribution in [0.1, 0.15) is 28.6 Å². The van der Waals surface area contributed by atoms with Gasteiger partial charge < -0.3 is 0 Å². The van der Waals surface area contributed by atoms with Crippen LogP contribution in [-0.2, 0) is 11.2 Å². The van der Waals surface area contributed by atoms with Crippen LogP contribution < -0.4 is 5.32 Å². The molecule has 0 bridgehead atoms. The van der Waals surface area contributed by atoms with E-state index in [1.54, 1.807) is 6.08 Å². The molecule has 0 saturated heterocycles. The highest BCUT2D eigenvalue weighted by Gasteiger charge is 2.13. The molecule has 0 spiro atoms. The number of rotatable bonds is 4. The first kappa shape index (κ1) is 15.9. The van der Waals surface area contributed by atoms with Gasteiger partial charge in [-0.05, 0) is 43.0 Å². The minimum Gasteiger partial charge on any atom is -0.296 e. The Hall–Kier alpha value is -2.52. The van der Waals surface area contributed by atoms with Crippen LogP contribution in [0.15, 0.2) is 23.8 Å². The molecule has 0 fully saturated rings. The zero-order valence-electron chi connectivity index (χ0n) is 12.7. The minimum atomic E-state index is -0.470. The molecule has 1 aromatic carbocycles. The molecule has 1 aromatic heterocycles. The third-order valence-corrected chi connectivity index (χ3v) is 4.28. The largest absolute Gasteiger partial charge is 0.296 e. The molecule has 0 atom stereocenters. The Bertz CT molecular complexity index is 771. The van der Waals surface area contributed by atoms with Gasteiger partial charge in [-0.15, -0.1) is 10.2 Å². The fraction of sp³-hybridized carbons (Fsp3) is 0.250. The summed E-state index contributed by atoms with van der Waals surface area (Å²) in [6, 6.07) is 7.72. The van der Waals surface area contributed by atoms with Gasteiger partial charge in [0.25, 0.3) is 5.91 Å². The zero-order valence-corrected chi connectivity index (χ0v) is 13.5. The van der Waals surface area contributed by atoms with Gasteiger partial charge in [0.1, 0.15) is 16.6 Å². The van der Waals surface area contributed by atoms with Crippen LogP contribution in [0.5, 0.6) is 0 Å². The first-order valence-electron chi connectivity index (χ1n) is 6.87. The summed E-state index contributed by atoms with van der Waals surface area (Å²) in [4.78, 5) is 12.2. The summed E-state index contributed by atoms with van der Waals surface area (Å²) in [6.45, 7) is 5.92. The summed E-state index contributed by atoms with van der Waals surface area (Å²) in [5.74, 6) is -0.470. The van der Waals surface area contributed by atoms with Gasteiger partial charge in [0.2, 0.25) is 5.13 Å². The van der Waals surface area contributed by atoms with E-state index in [4.69, 9.17) is 0 Å². The summed E-state index contributed by atoms with van der Waals surface area (Å²) in [5, 5.41) is 20.9. The van der Waals surface area contributed by atoms with Crippen LogP contribution in [0, 0.1) is 25.2 Å². The molecule has 112 valence electrons. The molecule has 0 aliphatic heterocycles. The van der Waals surface area contributed by atoms with Crippen molar-refractivity contribution in [2.45, 2.75) is 27.2 Å². The Morgan fingerprint density at radius 1 is 1.41 bits per heavy atom. The Kier molecular flexibility index (Phi) is 5.02. The Morgan fingerprint density at radius 2 is 2.18 bits per heavy atom. The Balaban J connectivity index is 2.23. The molecule has 0 radical (unpaired) electrons. The lowest BCUT2D eigenvalue weighted by Gasteiger charge is -2.05. The number of anilines is 1. The lowest BCUT2D eigenvalue weighted by atomic mass is 10.0. The molecule has 2 rings (SSSR count). The predicted octanol–water partition coefficient (Wildman–Crippen LogP) is 3.26. The molecule has 0 aliphatic carbocycles. The second-order valence-corrected chi connectivity index (χ2v) is 5.83. The van der Waals surface area contributed by atoms with E-state index in [1.165, 1.54) is 11.3 Å². The first-order valence-corrected chi connectivity index (χ1v) is 7.68. The number of aromatic nitrogens is 2. The average molecular weight is 312 g/mol. The van der Waals surface area contributed by atoms with E-state index in [-0.39, 0.29) is 5.57 Å². The third kappa shape index (κ3) is 3.57. The first-order chi connectivity index (χ1) is 10.5. The normalized spacial score (nSPS) is 11.1. The smallest absolute Gasteiger partial charge is 0.268 e. The summed E-state index contributed by atoms with van der Waals surface area (Å²) in [7, 11) is 0. The van der Waals surface area contributed by atoms with Crippen molar-refractivity contribution in [1.29, 1.82) is 5.26 Å². The monoisotopic (exact) mass is 312 g/mol. The standard InChI is InChI=1S/C16H16N4OS/c1-4-14-19-20-16(22-14)18-15(21)13(9-17)8-12-7-5-6-10(2)11(12)3/h5-8H,4H2,1-3H3,(H,18,20,21). The lowest BCUT2D eigenvalue weighted by Crippen LogP contribution is -2.13. The van der Waals surface area contributed by atoms with E-state index in [2.05, 4.69) is 15.5 Å². The number of carbonyl (C=O) groups is 1. The van der Waals surface area contributed by atoms with Crippen molar-refractivity contribution in [3.8, 4) is 6.07 Å². The van der Waals surface area contributed by atoms with Gasteiger partial charge in [-0.3, -0.25) is 10.1 Å². The zero-order chi connectivity index (χ0) is 16.1. The molecule has 1 N–H and O–H groups in total. The maximum absolute atomic E-state index is 12.2. The number of hydrogen-bond acceptors (Lipinski definition) is 5. The van der Waals surface area contributed by atoms with Crippen LogP contribution in [0.4, 0.5) is 5.13 Å². The molecule has 5 nitrogen and oxygen atoms in total. The number of carbonyl (C=O) groups excluding carboxylic acids is 1. The Morgan fingerprint density at radius 3 is 2.82 bits per heavy atom. The summed E-state index contributed by atoms with van der Waals surface area (Å²) in [5.41, 5.74) is 3.07. The van der Waals surface area contributed by atoms with E-state index in [1.807, 2.05) is 45.0 Å². The van der Waals surface area contributed by atoms with Crippen molar-refractivity contribution in [1.82, 2.24) is 10.2 Å². The lowest BCUT2D eigenvalue weighted by molar-refractivity contribution is -0.112. The summed E-state index contributed by atoms with van der Waals surface area (Å²) < 4.78 is 0. The molecule has 0 unspecified atom stereocenters. The van der Waals surface area contributed by atoms with E-state index in [0.717, 1.165) is 28.1 Å². The highest BCUT2D eigenvalue weighted by Crippen LogP contribution is 2.19. The highest BCUT2D eigenvalue weighted by atomic mass is 32.1. The molecule has 22 heavy (non-hydrogen) atoms. The van der Waals surface area contributed by atoms with Crippen molar-refractivity contribution in [2.75, 3.05) is 5.32 Å². The van der Waals surface area contributed by atoms with Crippen LogP contribution in [0.3, 0.4) is 0 Å². The SMILES string of the molecule is CCc1nnc(NC(=O)C(C#N)=Cc2cccc(C)c2C)s1. The number of hydrogen-bond donors (Lipinski definition) is 1. The van der Waals surface area contributed by atoms with E-state index in [9.17, 15) is 10.1 Å². The highest BCUT2D eigenvalue weighted by molar-refractivity contribution is 7.15. The van der Waals surface area contributed by atoms with Gasteiger partial charge in [0.05, 0.1) is 0 Å². The predicted molar refractivity (Wildman–Crippen MR) is 87.4 cm³/mol. The fourth-order valence-corrected chi connectivity index (χ4v) is 2.52. The molecule has 6 heteroatoms. The molecule has 0 saturated carbocycles. The summed E-state index contributed by atoms with van der Waals surface area (Å²) in [6.07, 6.45) is 2.36. The number of nitriles is 1. The Labute approximate surface area is 133 Å². The van der Waals surface area contributed by atoms with Gasteiger partial charge in [-0.1, -0.05) is 36.5 Å². The van der Waals surface area contributed by atoms with Crippen molar-refractivity contribution < 1.29 is 4.79 Å². The number of nitrogens with zero attached hydrogens (tertiary/aromatic N) is 3. The van der Waals surface area contributed by atoms with Gasteiger partial charge in [0, 0.05) is 0 Å². The number of aryl methyl sites for hydroxylation is 2. The van der Waals surface area contributed by atoms with Crippen LogP contribution in [0.25, 0.3) is 6.08 Å². The molecular formula is C16H16N4OS. The number of benzene rings is 1. The minimum absolute atomic E-state index is 0.0435. The molecule has 1 heterocycles.